The van der Waals surface area contributed by atoms with Gasteiger partial charge in [-0.3, -0.25) is 0 Å². The van der Waals surface area contributed by atoms with E-state index in [1.807, 2.05) is 6.07 Å². The average molecular weight is 543 g/mol. The molecule has 1 fully saturated rings. The first-order valence-corrected chi connectivity index (χ1v) is 14.2. The summed E-state index contributed by atoms with van der Waals surface area (Å²) in [5.41, 5.74) is 9.83. The molecule has 3 unspecified atom stereocenters. The van der Waals surface area contributed by atoms with Gasteiger partial charge >= 0.3 is 214 Å². The zero-order chi connectivity index (χ0) is 24.6. The van der Waals surface area contributed by atoms with Crippen LogP contribution in [0.3, 0.4) is 0 Å². The first kappa shape index (κ1) is 24.2. The van der Waals surface area contributed by atoms with E-state index in [1.165, 1.54) is 17.3 Å². The Bertz CT molecular complexity index is 1140. The minimum absolute atomic E-state index is 0.0984. The minimum atomic E-state index is -0.110. The topological polar surface area (TPSA) is 73.8 Å². The Labute approximate surface area is 214 Å². The molecule has 1 saturated carbocycles. The van der Waals surface area contributed by atoms with Crippen LogP contribution in [-0.2, 0) is 9.53 Å². The van der Waals surface area contributed by atoms with Gasteiger partial charge in [0.1, 0.15) is 0 Å². The van der Waals surface area contributed by atoms with Crippen molar-refractivity contribution in [1.29, 1.82) is 0 Å². The van der Waals surface area contributed by atoms with E-state index in [0.717, 1.165) is 55.8 Å². The maximum absolute atomic E-state index is 12.7. The summed E-state index contributed by atoms with van der Waals surface area (Å²) in [6.07, 6.45) is 4.69. The summed E-state index contributed by atoms with van der Waals surface area (Å²) in [6.45, 7) is 2.08. The number of nitrogen functional groups attached to an aromatic ring is 1. The van der Waals surface area contributed by atoms with Crippen LogP contribution < -0.4 is 19.7 Å². The van der Waals surface area contributed by atoms with Gasteiger partial charge < -0.3 is 0 Å². The molecular weight excluding hydrogens is 507 g/mol. The van der Waals surface area contributed by atoms with E-state index >= 15 is 0 Å². The molecule has 0 spiro atoms. The summed E-state index contributed by atoms with van der Waals surface area (Å²) in [5.74, 6) is 1.99. The predicted molar refractivity (Wildman–Crippen MR) is 138 cm³/mol. The fraction of sp³-hybridized carbons (Fsp3) is 0.500. The number of esters is 1. The molecule has 7 heteroatoms. The zero-order valence-electron chi connectivity index (χ0n) is 20.8. The summed E-state index contributed by atoms with van der Waals surface area (Å²) in [5, 5.41) is 0. The molecule has 5 rings (SSSR count). The Balaban J connectivity index is 1.51. The van der Waals surface area contributed by atoms with Crippen LogP contribution in [0.2, 0.25) is 4.82 Å². The summed E-state index contributed by atoms with van der Waals surface area (Å²) in [4.78, 5) is 13.2. The Kier molecular flexibility index (Phi) is 6.82. The van der Waals surface area contributed by atoms with Gasteiger partial charge in [0.15, 0.2) is 0 Å². The van der Waals surface area contributed by atoms with Crippen LogP contribution in [0, 0.1) is 11.3 Å². The van der Waals surface area contributed by atoms with Crippen molar-refractivity contribution in [1.82, 2.24) is 0 Å². The van der Waals surface area contributed by atoms with Gasteiger partial charge in [0.2, 0.25) is 0 Å². The number of ether oxygens (including phenoxy) is 3. The van der Waals surface area contributed by atoms with Crippen molar-refractivity contribution < 1.29 is 23.6 Å². The van der Waals surface area contributed by atoms with Gasteiger partial charge in [-0.05, 0) is 0 Å². The fourth-order valence-electron chi connectivity index (χ4n) is 6.78. The van der Waals surface area contributed by atoms with Crippen molar-refractivity contribution in [3.8, 4) is 11.5 Å². The van der Waals surface area contributed by atoms with Gasteiger partial charge in [-0.15, -0.1) is 0 Å². The quantitative estimate of drug-likeness (QED) is 0.251. The molecule has 2 N–H and O–H groups in total. The molecule has 186 valence electrons. The number of nitrogens with two attached hydrogens (primary N) is 1. The Morgan fingerprint density at radius 1 is 1.09 bits per heavy atom. The van der Waals surface area contributed by atoms with Gasteiger partial charge in [0, 0.05) is 0 Å². The number of hydrogen-bond acceptors (Lipinski definition) is 5. The van der Waals surface area contributed by atoms with Gasteiger partial charge in [0.05, 0.1) is 0 Å². The second kappa shape index (κ2) is 9.87. The number of carbonyl (C=O) groups is 1. The van der Waals surface area contributed by atoms with Gasteiger partial charge in [-0.2, -0.15) is 0 Å². The molecule has 2 aliphatic heterocycles. The van der Waals surface area contributed by atoms with Gasteiger partial charge in [-0.1, -0.05) is 0 Å². The first-order chi connectivity index (χ1) is 17.0. The molecule has 0 amide bonds. The molecule has 0 bridgehead atoms. The predicted octanol–water partition coefficient (Wildman–Crippen LogP) is 3.41. The average Bonchev–Trinajstić information content (AvgIpc) is 3.24. The Morgan fingerprint density at radius 2 is 1.83 bits per heavy atom. The van der Waals surface area contributed by atoms with Crippen LogP contribution in [0.15, 0.2) is 42.5 Å². The molecule has 35 heavy (non-hydrogen) atoms. The number of methoxy groups -OCH3 is 3. The molecule has 2 heterocycles. The summed E-state index contributed by atoms with van der Waals surface area (Å²) in [6, 6.07) is 14.8. The number of nitrogens with zero attached hydrogens (tertiary/aromatic N) is 1. The number of anilines is 1. The van der Waals surface area contributed by atoms with Crippen LogP contribution in [0.25, 0.3) is 0 Å². The summed E-state index contributed by atoms with van der Waals surface area (Å²) < 4.78 is 20.3. The maximum atomic E-state index is 12.7. The van der Waals surface area contributed by atoms with Crippen molar-refractivity contribution in [2.24, 2.45) is 11.3 Å². The Hall–Kier alpha value is -2.50. The van der Waals surface area contributed by atoms with Gasteiger partial charge in [0.25, 0.3) is 0 Å². The molecule has 4 atom stereocenters. The standard InChI is InChI=1S/C28H35N2O4Se/c1-32-24-13-22(23(29)14-25(24)33-2)20-10-12-30-17-19(35-18-7-5-4-6-8-18)15-28(16-26(31)34-3)11-9-21(20)27(28)30/h4-8,13-14,19-21H,9-12,15-17,29H2,1-3H3/q+1/t19?,20?,21?,28-/m1/s1. The molecule has 6 nitrogen and oxygen atoms in total. The third-order valence-electron chi connectivity index (χ3n) is 8.15. The summed E-state index contributed by atoms with van der Waals surface area (Å²) >= 11 is 0.374. The molecule has 2 aromatic carbocycles. The van der Waals surface area contributed by atoms with Crippen LogP contribution in [0.4, 0.5) is 5.69 Å². The van der Waals surface area contributed by atoms with Crippen molar-refractivity contribution in [3.63, 3.8) is 0 Å². The third kappa shape index (κ3) is 4.45. The molecule has 0 saturated heterocycles. The zero-order valence-corrected chi connectivity index (χ0v) is 22.5. The second-order valence-corrected chi connectivity index (χ2v) is 12.9. The van der Waals surface area contributed by atoms with E-state index in [-0.39, 0.29) is 11.4 Å². The first-order valence-electron chi connectivity index (χ1n) is 12.4. The van der Waals surface area contributed by atoms with Crippen LogP contribution in [0.1, 0.15) is 43.6 Å². The van der Waals surface area contributed by atoms with Crippen LogP contribution >= 0.6 is 0 Å². The van der Waals surface area contributed by atoms with E-state index in [9.17, 15) is 4.79 Å². The normalized spacial score (nSPS) is 27.3. The molecular formula is C28H35N2O4Se+. The molecule has 2 aromatic rings. The second-order valence-electron chi connectivity index (χ2n) is 10.00. The monoisotopic (exact) mass is 543 g/mol. The van der Waals surface area contributed by atoms with Crippen molar-refractivity contribution in [3.05, 3.63) is 48.0 Å². The Morgan fingerprint density at radius 3 is 2.54 bits per heavy atom. The van der Waals surface area contributed by atoms with E-state index in [2.05, 4.69) is 41.0 Å². The van der Waals surface area contributed by atoms with Crippen LogP contribution in [-0.4, -0.2) is 65.6 Å². The van der Waals surface area contributed by atoms with Crippen molar-refractivity contribution in [2.45, 2.75) is 42.8 Å². The van der Waals surface area contributed by atoms with Gasteiger partial charge in [-0.25, -0.2) is 0 Å². The van der Waals surface area contributed by atoms with E-state index in [0.29, 0.717) is 43.8 Å². The third-order valence-corrected chi connectivity index (χ3v) is 10.7. The summed E-state index contributed by atoms with van der Waals surface area (Å²) in [7, 11) is 4.82. The fourth-order valence-corrected chi connectivity index (χ4v) is 9.63. The number of rotatable bonds is 7. The van der Waals surface area contributed by atoms with Crippen LogP contribution in [0.5, 0.6) is 11.5 Å². The van der Waals surface area contributed by atoms with E-state index < -0.39 is 0 Å². The SMILES string of the molecule is COC(=O)C[C@]12CCC3C1=[N+](CCC3c1cc(OC)c(OC)cc1N)CC([Se]c1ccccc1)C2. The van der Waals surface area contributed by atoms with Crippen molar-refractivity contribution >= 4 is 36.8 Å². The van der Waals surface area contributed by atoms with E-state index in [1.54, 1.807) is 14.2 Å². The van der Waals surface area contributed by atoms with E-state index in [4.69, 9.17) is 19.9 Å². The number of benzene rings is 2. The molecule has 0 aromatic heterocycles. The molecule has 0 radical (unpaired) electrons. The molecule has 3 aliphatic rings. The number of carbonyl (C=O) groups excluding carboxylic acids is 1. The van der Waals surface area contributed by atoms with Crippen molar-refractivity contribution in [2.75, 3.05) is 40.2 Å². The molecule has 1 aliphatic carbocycles. The number of hydrogen-bond donors (Lipinski definition) is 1.